The van der Waals surface area contributed by atoms with E-state index in [1.807, 2.05) is 11.8 Å². The minimum atomic E-state index is 0.950. The molecule has 0 nitrogen and oxygen atoms in total. The first-order chi connectivity index (χ1) is 14.9. The molecule has 0 radical (unpaired) electrons. The summed E-state index contributed by atoms with van der Waals surface area (Å²) >= 11 is 1.89. The highest BCUT2D eigenvalue weighted by Crippen LogP contribution is 2.56. The minimum absolute atomic E-state index is 0.950. The quantitative estimate of drug-likeness (QED) is 0.328. The monoisotopic (exact) mass is 400 g/mol. The molecule has 0 aromatic heterocycles. The van der Waals surface area contributed by atoms with Crippen molar-refractivity contribution in [3.8, 4) is 0 Å². The van der Waals surface area contributed by atoms with Crippen LogP contribution in [0.4, 0.5) is 0 Å². The van der Waals surface area contributed by atoms with Gasteiger partial charge < -0.3 is 0 Å². The molecule has 6 rings (SSSR count). The van der Waals surface area contributed by atoms with E-state index >= 15 is 0 Å². The van der Waals surface area contributed by atoms with Gasteiger partial charge in [0.15, 0.2) is 0 Å². The molecule has 1 heterocycles. The van der Waals surface area contributed by atoms with Crippen LogP contribution in [0.2, 0.25) is 0 Å². The maximum Gasteiger partial charge on any atom is 0.0201 e. The van der Waals surface area contributed by atoms with Gasteiger partial charge in [0.1, 0.15) is 0 Å². The van der Waals surface area contributed by atoms with Gasteiger partial charge in [-0.2, -0.15) is 0 Å². The predicted octanol–water partition coefficient (Wildman–Crippen LogP) is 8.08. The number of hydrogen-bond donors (Lipinski definition) is 0. The normalized spacial score (nSPS) is 14.8. The lowest BCUT2D eigenvalue weighted by Gasteiger charge is -2.13. The van der Waals surface area contributed by atoms with Gasteiger partial charge in [-0.3, -0.25) is 0 Å². The molecule has 0 fully saturated rings. The zero-order valence-corrected chi connectivity index (χ0v) is 17.3. The number of hydrogen-bond acceptors (Lipinski definition) is 1. The van der Waals surface area contributed by atoms with E-state index in [1.165, 1.54) is 54.3 Å². The molecule has 142 valence electrons. The summed E-state index contributed by atoms with van der Waals surface area (Å²) in [5.74, 6) is 0. The summed E-state index contributed by atoms with van der Waals surface area (Å²) in [6, 6.07) is 39.5. The Hall–Kier alpha value is -3.29. The molecule has 1 aliphatic heterocycles. The van der Waals surface area contributed by atoms with E-state index in [-0.39, 0.29) is 0 Å². The molecular formula is C29H20S. The van der Waals surface area contributed by atoms with Gasteiger partial charge in [0.2, 0.25) is 0 Å². The van der Waals surface area contributed by atoms with Gasteiger partial charge in [-0.1, -0.05) is 109 Å². The second-order valence-electron chi connectivity index (χ2n) is 7.71. The molecule has 0 N–H and O–H groups in total. The topological polar surface area (TPSA) is 0 Å². The van der Waals surface area contributed by atoms with Crippen molar-refractivity contribution in [1.82, 2.24) is 0 Å². The summed E-state index contributed by atoms with van der Waals surface area (Å²) < 4.78 is 0. The first-order valence-electron chi connectivity index (χ1n) is 10.3. The van der Waals surface area contributed by atoms with Gasteiger partial charge in [-0.15, -0.1) is 0 Å². The van der Waals surface area contributed by atoms with Gasteiger partial charge in [0.05, 0.1) is 0 Å². The van der Waals surface area contributed by atoms with E-state index < -0.39 is 0 Å². The van der Waals surface area contributed by atoms with Crippen molar-refractivity contribution in [2.45, 2.75) is 16.2 Å². The maximum absolute atomic E-state index is 2.29. The lowest BCUT2D eigenvalue weighted by molar-refractivity contribution is 1.37. The fraction of sp³-hybridized carbons (Fsp3) is 0.0345. The Bertz CT molecular complexity index is 1210. The summed E-state index contributed by atoms with van der Waals surface area (Å²) in [5, 5.41) is 0. The molecule has 0 saturated carbocycles. The van der Waals surface area contributed by atoms with Crippen molar-refractivity contribution in [2.75, 3.05) is 0 Å². The van der Waals surface area contributed by atoms with Crippen molar-refractivity contribution in [2.24, 2.45) is 0 Å². The average Bonchev–Trinajstić information content (AvgIpc) is 3.14. The van der Waals surface area contributed by atoms with Gasteiger partial charge in [-0.05, 0) is 63.1 Å². The largest absolute Gasteiger partial charge is 0.0888 e. The number of rotatable bonds is 2. The van der Waals surface area contributed by atoms with E-state index in [2.05, 4.69) is 109 Å². The zero-order chi connectivity index (χ0) is 19.9. The molecule has 0 bridgehead atoms. The van der Waals surface area contributed by atoms with Crippen LogP contribution in [-0.2, 0) is 0 Å². The van der Waals surface area contributed by atoms with Crippen LogP contribution in [0, 0.1) is 0 Å². The second-order valence-corrected chi connectivity index (χ2v) is 8.79. The van der Waals surface area contributed by atoms with E-state index in [9.17, 15) is 0 Å². The summed E-state index contributed by atoms with van der Waals surface area (Å²) in [6.07, 6.45) is 0.950. The van der Waals surface area contributed by atoms with Crippen molar-refractivity contribution in [3.63, 3.8) is 0 Å². The Morgan fingerprint density at radius 1 is 0.433 bits per heavy atom. The molecule has 4 aromatic carbocycles. The first-order valence-corrected chi connectivity index (χ1v) is 11.2. The molecule has 0 amide bonds. The molecular weight excluding hydrogens is 380 g/mol. The molecule has 0 atom stereocenters. The van der Waals surface area contributed by atoms with Crippen LogP contribution in [0.15, 0.2) is 119 Å². The standard InChI is InChI=1S/C29H20S/c1-3-11-20(12-4-1)24-19-25(21-13-5-2-6-14-21)29-23-16-8-10-18-27(23)30-26-17-9-7-15-22(26)28(24)29/h1-18H,19H2. The van der Waals surface area contributed by atoms with Crippen LogP contribution < -0.4 is 0 Å². The Kier molecular flexibility index (Phi) is 4.21. The highest BCUT2D eigenvalue weighted by molar-refractivity contribution is 7.99. The third-order valence-corrected chi connectivity index (χ3v) is 7.14. The Morgan fingerprint density at radius 2 is 0.833 bits per heavy atom. The third kappa shape index (κ3) is 2.78. The van der Waals surface area contributed by atoms with Gasteiger partial charge in [0, 0.05) is 9.79 Å². The van der Waals surface area contributed by atoms with Crippen molar-refractivity contribution >= 4 is 34.1 Å². The molecule has 0 spiro atoms. The van der Waals surface area contributed by atoms with Crippen LogP contribution >= 0.6 is 11.8 Å². The third-order valence-electron chi connectivity index (χ3n) is 5.98. The van der Waals surface area contributed by atoms with Crippen LogP contribution in [0.25, 0.3) is 22.3 Å². The minimum Gasteiger partial charge on any atom is -0.0888 e. The van der Waals surface area contributed by atoms with Crippen LogP contribution in [-0.4, -0.2) is 0 Å². The number of benzene rings is 4. The molecule has 2 aliphatic rings. The Morgan fingerprint density at radius 3 is 1.30 bits per heavy atom. The van der Waals surface area contributed by atoms with Crippen molar-refractivity contribution in [1.29, 1.82) is 0 Å². The summed E-state index contributed by atoms with van der Waals surface area (Å²) in [4.78, 5) is 2.66. The summed E-state index contributed by atoms with van der Waals surface area (Å²) in [7, 11) is 0. The Labute approximate surface area is 181 Å². The van der Waals surface area contributed by atoms with E-state index in [1.54, 1.807) is 0 Å². The SMILES string of the molecule is c1ccc(C2=C3C(=C(c4ccccc4)C2)c2ccccc2Sc2ccccc23)cc1. The van der Waals surface area contributed by atoms with E-state index in [0.717, 1.165) is 6.42 Å². The molecule has 30 heavy (non-hydrogen) atoms. The lowest BCUT2D eigenvalue weighted by atomic mass is 9.89. The van der Waals surface area contributed by atoms with Crippen LogP contribution in [0.5, 0.6) is 0 Å². The van der Waals surface area contributed by atoms with Gasteiger partial charge in [-0.25, -0.2) is 0 Å². The van der Waals surface area contributed by atoms with Crippen LogP contribution in [0.3, 0.4) is 0 Å². The van der Waals surface area contributed by atoms with Crippen LogP contribution in [0.1, 0.15) is 28.7 Å². The zero-order valence-electron chi connectivity index (χ0n) is 16.5. The number of fused-ring (bicyclic) bond motifs is 5. The second kappa shape index (κ2) is 7.19. The highest BCUT2D eigenvalue weighted by atomic mass is 32.2. The molecule has 1 heteroatoms. The lowest BCUT2D eigenvalue weighted by Crippen LogP contribution is -1.91. The first kappa shape index (κ1) is 17.6. The van der Waals surface area contributed by atoms with E-state index in [0.29, 0.717) is 0 Å². The van der Waals surface area contributed by atoms with Gasteiger partial charge >= 0.3 is 0 Å². The molecule has 0 unspecified atom stereocenters. The fourth-order valence-corrected chi connectivity index (χ4v) is 5.75. The number of allylic oxidation sites excluding steroid dienone is 4. The van der Waals surface area contributed by atoms with E-state index in [4.69, 9.17) is 0 Å². The predicted molar refractivity (Wildman–Crippen MR) is 128 cm³/mol. The van der Waals surface area contributed by atoms with Crippen molar-refractivity contribution in [3.05, 3.63) is 131 Å². The summed E-state index contributed by atoms with van der Waals surface area (Å²) in [5.41, 5.74) is 11.0. The highest BCUT2D eigenvalue weighted by Gasteiger charge is 2.32. The fourth-order valence-electron chi connectivity index (χ4n) is 4.66. The van der Waals surface area contributed by atoms with Gasteiger partial charge in [0.25, 0.3) is 0 Å². The summed E-state index contributed by atoms with van der Waals surface area (Å²) in [6.45, 7) is 0. The van der Waals surface area contributed by atoms with Crippen molar-refractivity contribution < 1.29 is 0 Å². The maximum atomic E-state index is 2.29. The molecule has 1 aliphatic carbocycles. The average molecular weight is 401 g/mol. The Balaban J connectivity index is 1.73. The molecule has 4 aromatic rings. The smallest absolute Gasteiger partial charge is 0.0201 e. The molecule has 0 saturated heterocycles.